The molecule has 3 aliphatic carbocycles. The number of carboxylic acids is 1. The molecule has 2 bridgehead atoms. The third-order valence-electron chi connectivity index (χ3n) is 8.00. The summed E-state index contributed by atoms with van der Waals surface area (Å²) in [5, 5.41) is 9.39. The van der Waals surface area contributed by atoms with Crippen molar-refractivity contribution in [2.24, 2.45) is 45.8 Å². The van der Waals surface area contributed by atoms with E-state index in [9.17, 15) is 14.7 Å². The first-order valence-electron chi connectivity index (χ1n) is 10.7. The van der Waals surface area contributed by atoms with Crippen LogP contribution in [0.15, 0.2) is 0 Å². The second-order valence-corrected chi connectivity index (χ2v) is 12.0. The predicted molar refractivity (Wildman–Crippen MR) is 105 cm³/mol. The second kappa shape index (κ2) is 6.49. The number of hydrogen-bond donors (Lipinski definition) is 1. The summed E-state index contributed by atoms with van der Waals surface area (Å²) < 4.78 is 6.20. The zero-order valence-corrected chi connectivity index (χ0v) is 18.2. The number of ether oxygens (including phenoxy) is 1. The maximum absolute atomic E-state index is 13.4. The standard InChI is InChI=1S/C23H38O4/c1-21(2,3)12-23(7,22(4,5)6)20(26)27-18-11-13-8-17(18)16-10-14(19(24)25)9-15(13)16/h13-18H,8-12H2,1-7H3,(H,24,25). The number of carboxylic acid groups (broad SMARTS) is 1. The van der Waals surface area contributed by atoms with Crippen molar-refractivity contribution in [1.82, 2.24) is 0 Å². The van der Waals surface area contributed by atoms with Gasteiger partial charge in [0.15, 0.2) is 0 Å². The van der Waals surface area contributed by atoms with Gasteiger partial charge in [-0.3, -0.25) is 9.59 Å². The number of aliphatic carboxylic acids is 1. The van der Waals surface area contributed by atoms with E-state index in [0.717, 1.165) is 32.1 Å². The Kier molecular flexibility index (Phi) is 4.97. The summed E-state index contributed by atoms with van der Waals surface area (Å²) >= 11 is 0. The quantitative estimate of drug-likeness (QED) is 0.687. The van der Waals surface area contributed by atoms with Crippen molar-refractivity contribution < 1.29 is 19.4 Å². The largest absolute Gasteiger partial charge is 0.481 e. The lowest BCUT2D eigenvalue weighted by Gasteiger charge is -2.44. The van der Waals surface area contributed by atoms with Gasteiger partial charge in [-0.05, 0) is 73.5 Å². The van der Waals surface area contributed by atoms with Crippen molar-refractivity contribution in [2.45, 2.75) is 86.7 Å². The van der Waals surface area contributed by atoms with Crippen LogP contribution >= 0.6 is 0 Å². The molecule has 154 valence electrons. The summed E-state index contributed by atoms with van der Waals surface area (Å²) in [4.78, 5) is 24.8. The molecule has 0 aromatic rings. The highest BCUT2D eigenvalue weighted by atomic mass is 16.5. The van der Waals surface area contributed by atoms with Crippen LogP contribution in [-0.2, 0) is 14.3 Å². The molecule has 3 fully saturated rings. The van der Waals surface area contributed by atoms with Crippen molar-refractivity contribution >= 4 is 11.9 Å². The second-order valence-electron chi connectivity index (χ2n) is 12.0. The fourth-order valence-corrected chi connectivity index (χ4v) is 6.32. The molecule has 0 aromatic heterocycles. The van der Waals surface area contributed by atoms with Gasteiger partial charge in [0, 0.05) is 0 Å². The SMILES string of the molecule is CC(C)(C)CC(C)(C(=O)OC1CC2CC1C1CC(C(=O)O)CC21)C(C)(C)C. The van der Waals surface area contributed by atoms with Gasteiger partial charge >= 0.3 is 11.9 Å². The predicted octanol–water partition coefficient (Wildman–Crippen LogP) is 5.15. The third kappa shape index (κ3) is 3.65. The number of esters is 1. The normalized spacial score (nSPS) is 37.7. The summed E-state index contributed by atoms with van der Waals surface area (Å²) in [5.74, 6) is 0.980. The molecule has 3 saturated carbocycles. The molecule has 0 amide bonds. The Morgan fingerprint density at radius 1 is 0.889 bits per heavy atom. The van der Waals surface area contributed by atoms with E-state index in [1.54, 1.807) is 0 Å². The van der Waals surface area contributed by atoms with E-state index in [2.05, 4.69) is 48.5 Å². The monoisotopic (exact) mass is 378 g/mol. The highest BCUT2D eigenvalue weighted by Crippen LogP contribution is 2.61. The van der Waals surface area contributed by atoms with E-state index >= 15 is 0 Å². The van der Waals surface area contributed by atoms with Gasteiger partial charge in [-0.1, -0.05) is 41.5 Å². The van der Waals surface area contributed by atoms with Crippen LogP contribution in [0.3, 0.4) is 0 Å². The molecule has 0 aliphatic heterocycles. The van der Waals surface area contributed by atoms with Gasteiger partial charge in [0.1, 0.15) is 6.10 Å². The number of carbonyl (C=O) groups is 2. The summed E-state index contributed by atoms with van der Waals surface area (Å²) in [5.41, 5.74) is -0.675. The molecular formula is C23H38O4. The van der Waals surface area contributed by atoms with Crippen LogP contribution < -0.4 is 0 Å². The van der Waals surface area contributed by atoms with Crippen molar-refractivity contribution in [2.75, 3.05) is 0 Å². The Labute approximate surface area is 164 Å². The van der Waals surface area contributed by atoms with Gasteiger partial charge in [0.2, 0.25) is 0 Å². The molecule has 7 unspecified atom stereocenters. The highest BCUT2D eigenvalue weighted by Gasteiger charge is 2.59. The van der Waals surface area contributed by atoms with Gasteiger partial charge in [-0.25, -0.2) is 0 Å². The number of hydrogen-bond acceptors (Lipinski definition) is 3. The molecule has 0 spiro atoms. The Morgan fingerprint density at radius 3 is 2.00 bits per heavy atom. The Hall–Kier alpha value is -1.06. The Balaban J connectivity index is 1.72. The van der Waals surface area contributed by atoms with Gasteiger partial charge < -0.3 is 9.84 Å². The highest BCUT2D eigenvalue weighted by molar-refractivity contribution is 5.77. The topological polar surface area (TPSA) is 63.6 Å². The smallest absolute Gasteiger partial charge is 0.312 e. The molecular weight excluding hydrogens is 340 g/mol. The minimum Gasteiger partial charge on any atom is -0.481 e. The van der Waals surface area contributed by atoms with Crippen LogP contribution in [0.25, 0.3) is 0 Å². The molecule has 0 saturated heterocycles. The lowest BCUT2D eigenvalue weighted by atomic mass is 9.61. The van der Waals surface area contributed by atoms with Crippen LogP contribution in [0.5, 0.6) is 0 Å². The number of carbonyl (C=O) groups excluding carboxylic acids is 1. The van der Waals surface area contributed by atoms with Gasteiger partial charge in [0.05, 0.1) is 11.3 Å². The van der Waals surface area contributed by atoms with E-state index in [1.165, 1.54) is 0 Å². The summed E-state index contributed by atoms with van der Waals surface area (Å²) in [6, 6.07) is 0. The number of rotatable bonds is 4. The zero-order chi connectivity index (χ0) is 20.4. The van der Waals surface area contributed by atoms with Gasteiger partial charge in [-0.2, -0.15) is 0 Å². The number of fused-ring (bicyclic) bond motifs is 5. The van der Waals surface area contributed by atoms with Crippen LogP contribution in [-0.4, -0.2) is 23.1 Å². The van der Waals surface area contributed by atoms with Crippen molar-refractivity contribution in [3.8, 4) is 0 Å². The summed E-state index contributed by atoms with van der Waals surface area (Å²) in [6.45, 7) is 15.0. The molecule has 4 nitrogen and oxygen atoms in total. The van der Waals surface area contributed by atoms with E-state index in [4.69, 9.17) is 4.74 Å². The molecule has 3 rings (SSSR count). The minimum atomic E-state index is -0.650. The maximum Gasteiger partial charge on any atom is 0.312 e. The van der Waals surface area contributed by atoms with Crippen molar-refractivity contribution in [3.63, 3.8) is 0 Å². The Bertz CT molecular complexity index is 611. The molecule has 0 aromatic carbocycles. The molecule has 7 atom stereocenters. The van der Waals surface area contributed by atoms with Gasteiger partial charge in [-0.15, -0.1) is 0 Å². The maximum atomic E-state index is 13.4. The summed E-state index contributed by atoms with van der Waals surface area (Å²) in [6.07, 6.45) is 4.42. The van der Waals surface area contributed by atoms with Crippen LogP contribution in [0.2, 0.25) is 0 Å². The Morgan fingerprint density at radius 2 is 1.48 bits per heavy atom. The van der Waals surface area contributed by atoms with Crippen molar-refractivity contribution in [1.29, 1.82) is 0 Å². The van der Waals surface area contributed by atoms with Crippen LogP contribution in [0, 0.1) is 45.8 Å². The first-order valence-corrected chi connectivity index (χ1v) is 10.7. The summed E-state index contributed by atoms with van der Waals surface area (Å²) in [7, 11) is 0. The fraction of sp³-hybridized carbons (Fsp3) is 0.913. The molecule has 0 radical (unpaired) electrons. The lowest BCUT2D eigenvalue weighted by Crippen LogP contribution is -2.46. The molecule has 0 heterocycles. The van der Waals surface area contributed by atoms with E-state index in [0.29, 0.717) is 23.7 Å². The average molecular weight is 379 g/mol. The van der Waals surface area contributed by atoms with Crippen LogP contribution in [0.4, 0.5) is 0 Å². The third-order valence-corrected chi connectivity index (χ3v) is 8.00. The molecule has 1 N–H and O–H groups in total. The average Bonchev–Trinajstić information content (AvgIpc) is 3.14. The first-order chi connectivity index (χ1) is 12.2. The van der Waals surface area contributed by atoms with E-state index in [-0.39, 0.29) is 28.8 Å². The van der Waals surface area contributed by atoms with E-state index < -0.39 is 11.4 Å². The molecule has 4 heteroatoms. The molecule has 27 heavy (non-hydrogen) atoms. The minimum absolute atomic E-state index is 0.0158. The first kappa shape index (κ1) is 20.7. The van der Waals surface area contributed by atoms with Gasteiger partial charge in [0.25, 0.3) is 0 Å². The lowest BCUT2D eigenvalue weighted by molar-refractivity contribution is -0.174. The van der Waals surface area contributed by atoms with E-state index in [1.807, 2.05) is 0 Å². The van der Waals surface area contributed by atoms with Crippen LogP contribution in [0.1, 0.15) is 80.6 Å². The molecule has 3 aliphatic rings. The zero-order valence-electron chi connectivity index (χ0n) is 18.2. The fourth-order valence-electron chi connectivity index (χ4n) is 6.32. The van der Waals surface area contributed by atoms with Crippen molar-refractivity contribution in [3.05, 3.63) is 0 Å².